The molecule has 0 bridgehead atoms. The van der Waals surface area contributed by atoms with Gasteiger partial charge in [-0.3, -0.25) is 0 Å². The number of rotatable bonds is 5. The smallest absolute Gasteiger partial charge is 0.124 e. The van der Waals surface area contributed by atoms with E-state index in [0.717, 1.165) is 5.56 Å². The largest absolute Gasteiger partial charge is 0.491 e. The van der Waals surface area contributed by atoms with Crippen molar-refractivity contribution in [3.05, 3.63) is 29.8 Å². The van der Waals surface area contributed by atoms with E-state index in [0.29, 0.717) is 12.2 Å². The molecule has 1 rings (SSSR count). The van der Waals surface area contributed by atoms with Gasteiger partial charge in [-0.2, -0.15) is 0 Å². The van der Waals surface area contributed by atoms with Crippen LogP contribution in [-0.2, 0) is 6.61 Å². The Morgan fingerprint density at radius 2 is 2.07 bits per heavy atom. The van der Waals surface area contributed by atoms with E-state index in [9.17, 15) is 5.11 Å². The highest BCUT2D eigenvalue weighted by molar-refractivity contribution is 5.32. The fraction of sp³-hybridized carbons (Fsp3) is 0.455. The lowest BCUT2D eigenvalue weighted by Gasteiger charge is -2.12. The van der Waals surface area contributed by atoms with Crippen molar-refractivity contribution in [3.63, 3.8) is 0 Å². The van der Waals surface area contributed by atoms with Crippen molar-refractivity contribution in [3.8, 4) is 5.75 Å². The molecule has 1 aromatic rings. The Morgan fingerprint density at radius 1 is 1.36 bits per heavy atom. The van der Waals surface area contributed by atoms with Crippen LogP contribution < -0.4 is 4.74 Å². The van der Waals surface area contributed by atoms with Crippen LogP contribution in [-0.4, -0.2) is 22.9 Å². The average molecular weight is 196 g/mol. The maximum absolute atomic E-state index is 9.30. The van der Waals surface area contributed by atoms with E-state index in [1.165, 1.54) is 0 Å². The number of para-hydroxylation sites is 1. The van der Waals surface area contributed by atoms with Gasteiger partial charge in [-0.15, -0.1) is 0 Å². The highest BCUT2D eigenvalue weighted by Crippen LogP contribution is 2.17. The molecule has 0 fully saturated rings. The van der Waals surface area contributed by atoms with E-state index in [1.807, 2.05) is 19.1 Å². The molecule has 0 saturated heterocycles. The number of benzene rings is 1. The van der Waals surface area contributed by atoms with Crippen molar-refractivity contribution in [2.75, 3.05) is 6.61 Å². The van der Waals surface area contributed by atoms with E-state index in [1.54, 1.807) is 12.1 Å². The lowest BCUT2D eigenvalue weighted by atomic mass is 10.2. The zero-order valence-electron chi connectivity index (χ0n) is 8.31. The molecule has 78 valence electrons. The topological polar surface area (TPSA) is 49.7 Å². The summed E-state index contributed by atoms with van der Waals surface area (Å²) in [4.78, 5) is 0. The van der Waals surface area contributed by atoms with Crippen LogP contribution in [0.15, 0.2) is 24.3 Å². The SMILES string of the molecule is CCC(O)COc1ccccc1CO. The Balaban J connectivity index is 2.57. The van der Waals surface area contributed by atoms with Gasteiger partial charge >= 0.3 is 0 Å². The summed E-state index contributed by atoms with van der Waals surface area (Å²) in [6.45, 7) is 2.12. The Morgan fingerprint density at radius 3 is 2.71 bits per heavy atom. The number of ether oxygens (including phenoxy) is 1. The third-order valence-corrected chi connectivity index (χ3v) is 2.05. The lowest BCUT2D eigenvalue weighted by molar-refractivity contribution is 0.103. The Kier molecular flexibility index (Phi) is 4.43. The van der Waals surface area contributed by atoms with Crippen molar-refractivity contribution in [2.45, 2.75) is 26.1 Å². The molecule has 0 aliphatic carbocycles. The molecule has 0 aliphatic rings. The van der Waals surface area contributed by atoms with Crippen molar-refractivity contribution in [2.24, 2.45) is 0 Å². The molecule has 3 heteroatoms. The first-order valence-corrected chi connectivity index (χ1v) is 4.77. The van der Waals surface area contributed by atoms with Gasteiger partial charge in [-0.05, 0) is 12.5 Å². The molecular weight excluding hydrogens is 180 g/mol. The highest BCUT2D eigenvalue weighted by Gasteiger charge is 2.04. The number of hydrogen-bond acceptors (Lipinski definition) is 3. The van der Waals surface area contributed by atoms with Crippen molar-refractivity contribution in [1.29, 1.82) is 0 Å². The van der Waals surface area contributed by atoms with Gasteiger partial charge in [0.2, 0.25) is 0 Å². The normalized spacial score (nSPS) is 12.5. The second kappa shape index (κ2) is 5.62. The minimum absolute atomic E-state index is 0.0433. The summed E-state index contributed by atoms with van der Waals surface area (Å²) in [6, 6.07) is 7.27. The Labute approximate surface area is 84.0 Å². The van der Waals surface area contributed by atoms with Crippen LogP contribution in [0.25, 0.3) is 0 Å². The van der Waals surface area contributed by atoms with Crippen LogP contribution >= 0.6 is 0 Å². The van der Waals surface area contributed by atoms with E-state index in [-0.39, 0.29) is 13.2 Å². The fourth-order valence-electron chi connectivity index (χ4n) is 1.08. The molecule has 3 nitrogen and oxygen atoms in total. The van der Waals surface area contributed by atoms with Gasteiger partial charge in [-0.25, -0.2) is 0 Å². The molecule has 0 radical (unpaired) electrons. The monoisotopic (exact) mass is 196 g/mol. The predicted octanol–water partition coefficient (Wildman–Crippen LogP) is 1.33. The van der Waals surface area contributed by atoms with Crippen molar-refractivity contribution in [1.82, 2.24) is 0 Å². The molecule has 0 heterocycles. The molecule has 1 aromatic carbocycles. The standard InChI is InChI=1S/C11H16O3/c1-2-10(13)8-14-11-6-4-3-5-9(11)7-12/h3-6,10,12-13H,2,7-8H2,1H3. The van der Waals surface area contributed by atoms with Gasteiger partial charge in [0.25, 0.3) is 0 Å². The molecule has 1 atom stereocenters. The lowest BCUT2D eigenvalue weighted by Crippen LogP contribution is -2.16. The van der Waals surface area contributed by atoms with Crippen LogP contribution in [0.5, 0.6) is 5.75 Å². The second-order valence-electron chi connectivity index (χ2n) is 3.14. The third kappa shape index (κ3) is 3.01. The fourth-order valence-corrected chi connectivity index (χ4v) is 1.08. The molecular formula is C11H16O3. The number of aliphatic hydroxyl groups is 2. The van der Waals surface area contributed by atoms with Crippen LogP contribution in [0.3, 0.4) is 0 Å². The quantitative estimate of drug-likeness (QED) is 0.747. The van der Waals surface area contributed by atoms with Gasteiger partial charge in [0.05, 0.1) is 12.7 Å². The van der Waals surface area contributed by atoms with Crippen LogP contribution in [0.1, 0.15) is 18.9 Å². The van der Waals surface area contributed by atoms with Gasteiger partial charge in [0, 0.05) is 5.56 Å². The van der Waals surface area contributed by atoms with Gasteiger partial charge in [0.1, 0.15) is 12.4 Å². The van der Waals surface area contributed by atoms with E-state index in [4.69, 9.17) is 9.84 Å². The number of aliphatic hydroxyl groups excluding tert-OH is 2. The summed E-state index contributed by atoms with van der Waals surface area (Å²) < 4.78 is 5.37. The van der Waals surface area contributed by atoms with Crippen LogP contribution in [0.2, 0.25) is 0 Å². The van der Waals surface area contributed by atoms with Gasteiger partial charge in [-0.1, -0.05) is 25.1 Å². The van der Waals surface area contributed by atoms with Crippen LogP contribution in [0.4, 0.5) is 0 Å². The summed E-state index contributed by atoms with van der Waals surface area (Å²) in [6.07, 6.45) is 0.225. The number of hydrogen-bond donors (Lipinski definition) is 2. The zero-order valence-corrected chi connectivity index (χ0v) is 8.31. The summed E-state index contributed by atoms with van der Waals surface area (Å²) in [7, 11) is 0. The average Bonchev–Trinajstić information content (AvgIpc) is 2.26. The van der Waals surface area contributed by atoms with Gasteiger partial charge in [0.15, 0.2) is 0 Å². The maximum Gasteiger partial charge on any atom is 0.124 e. The first-order valence-electron chi connectivity index (χ1n) is 4.77. The van der Waals surface area contributed by atoms with Crippen molar-refractivity contribution < 1.29 is 14.9 Å². The van der Waals surface area contributed by atoms with E-state index in [2.05, 4.69) is 0 Å². The first kappa shape index (κ1) is 11.0. The highest BCUT2D eigenvalue weighted by atomic mass is 16.5. The third-order valence-electron chi connectivity index (χ3n) is 2.05. The van der Waals surface area contributed by atoms with Crippen LogP contribution in [0, 0.1) is 0 Å². The minimum atomic E-state index is -0.443. The zero-order chi connectivity index (χ0) is 10.4. The second-order valence-corrected chi connectivity index (χ2v) is 3.14. The molecule has 0 spiro atoms. The molecule has 0 amide bonds. The molecule has 0 aliphatic heterocycles. The summed E-state index contributed by atoms with van der Waals surface area (Å²) >= 11 is 0. The van der Waals surface area contributed by atoms with E-state index >= 15 is 0 Å². The molecule has 2 N–H and O–H groups in total. The first-order chi connectivity index (χ1) is 6.77. The van der Waals surface area contributed by atoms with Gasteiger partial charge < -0.3 is 14.9 Å². The summed E-state index contributed by atoms with van der Waals surface area (Å²) in [5.74, 6) is 0.641. The summed E-state index contributed by atoms with van der Waals surface area (Å²) in [5.41, 5.74) is 0.746. The molecule has 1 unspecified atom stereocenters. The molecule has 0 saturated carbocycles. The van der Waals surface area contributed by atoms with E-state index < -0.39 is 6.10 Å². The Hall–Kier alpha value is -1.06. The maximum atomic E-state index is 9.30. The molecule has 14 heavy (non-hydrogen) atoms. The minimum Gasteiger partial charge on any atom is -0.491 e. The van der Waals surface area contributed by atoms with Crippen molar-refractivity contribution >= 4 is 0 Å². The summed E-state index contributed by atoms with van der Waals surface area (Å²) in [5, 5.41) is 18.3. The predicted molar refractivity (Wildman–Crippen MR) is 54.2 cm³/mol. The molecule has 0 aromatic heterocycles. The Bertz CT molecular complexity index is 273.